The first kappa shape index (κ1) is 13.4. The van der Waals surface area contributed by atoms with Crippen LogP contribution in [0.5, 0.6) is 0 Å². The molecule has 1 unspecified atom stereocenters. The number of hydrogen-bond acceptors (Lipinski definition) is 6. The van der Waals surface area contributed by atoms with Gasteiger partial charge in [0.05, 0.1) is 5.69 Å². The van der Waals surface area contributed by atoms with Gasteiger partial charge >= 0.3 is 5.97 Å². The third kappa shape index (κ3) is 3.24. The predicted molar refractivity (Wildman–Crippen MR) is 66.4 cm³/mol. The minimum absolute atomic E-state index is 0.380. The number of methoxy groups -OCH3 is 1. The van der Waals surface area contributed by atoms with Gasteiger partial charge < -0.3 is 14.4 Å². The van der Waals surface area contributed by atoms with Crippen molar-refractivity contribution in [3.8, 4) is 0 Å². The van der Waals surface area contributed by atoms with Crippen LogP contribution in [0, 0.1) is 0 Å². The molecule has 0 bridgehead atoms. The van der Waals surface area contributed by atoms with Crippen molar-refractivity contribution in [3.05, 3.63) is 17.5 Å². The molecular weight excluding hydrogens is 256 g/mol. The first-order valence-electron chi connectivity index (χ1n) is 5.68. The molecule has 1 atom stereocenters. The van der Waals surface area contributed by atoms with Crippen molar-refractivity contribution >= 4 is 17.7 Å². The number of nitrogens with zero attached hydrogens (tertiary/aromatic N) is 2. The van der Waals surface area contributed by atoms with E-state index in [2.05, 4.69) is 5.16 Å². The summed E-state index contributed by atoms with van der Waals surface area (Å²) in [6, 6.07) is 1.37. The van der Waals surface area contributed by atoms with Gasteiger partial charge in [0.15, 0.2) is 5.76 Å². The maximum Gasteiger partial charge on any atom is 0.321 e. The molecule has 18 heavy (non-hydrogen) atoms. The van der Waals surface area contributed by atoms with E-state index in [1.807, 2.05) is 11.0 Å². The summed E-state index contributed by atoms with van der Waals surface area (Å²) in [5.41, 5.74) is 0.750. The highest BCUT2D eigenvalue weighted by molar-refractivity contribution is 7.99. The van der Waals surface area contributed by atoms with E-state index >= 15 is 0 Å². The SMILES string of the molecule is COCc1cc(CN2CCSCC2C(=O)O)no1. The van der Waals surface area contributed by atoms with Crippen LogP contribution < -0.4 is 0 Å². The molecule has 1 fully saturated rings. The highest BCUT2D eigenvalue weighted by atomic mass is 32.2. The molecule has 0 saturated carbocycles. The Hall–Kier alpha value is -1.05. The lowest BCUT2D eigenvalue weighted by Crippen LogP contribution is -2.46. The van der Waals surface area contributed by atoms with Gasteiger partial charge in [-0.05, 0) is 0 Å². The number of carbonyl (C=O) groups is 1. The van der Waals surface area contributed by atoms with Gasteiger partial charge in [0.2, 0.25) is 0 Å². The number of ether oxygens (including phenoxy) is 1. The van der Waals surface area contributed by atoms with Gasteiger partial charge in [0.25, 0.3) is 0 Å². The van der Waals surface area contributed by atoms with Crippen LogP contribution in [-0.4, -0.2) is 52.3 Å². The number of thioether (sulfide) groups is 1. The molecule has 1 aromatic rings. The minimum Gasteiger partial charge on any atom is -0.480 e. The van der Waals surface area contributed by atoms with Crippen molar-refractivity contribution in [2.75, 3.05) is 25.2 Å². The van der Waals surface area contributed by atoms with Crippen molar-refractivity contribution in [2.45, 2.75) is 19.2 Å². The van der Waals surface area contributed by atoms with Gasteiger partial charge in [0.1, 0.15) is 12.6 Å². The molecule has 2 rings (SSSR count). The molecule has 7 heteroatoms. The summed E-state index contributed by atoms with van der Waals surface area (Å²) < 4.78 is 10.0. The van der Waals surface area contributed by atoms with Crippen LogP contribution in [-0.2, 0) is 22.7 Å². The average Bonchev–Trinajstić information content (AvgIpc) is 2.77. The molecule has 0 spiro atoms. The van der Waals surface area contributed by atoms with Crippen molar-refractivity contribution in [1.82, 2.24) is 10.1 Å². The zero-order valence-electron chi connectivity index (χ0n) is 10.2. The normalized spacial score (nSPS) is 21.1. The summed E-state index contributed by atoms with van der Waals surface area (Å²) in [6.07, 6.45) is 0. The van der Waals surface area contributed by atoms with Crippen LogP contribution in [0.25, 0.3) is 0 Å². The molecule has 0 aromatic carbocycles. The summed E-state index contributed by atoms with van der Waals surface area (Å²) in [4.78, 5) is 13.1. The molecule has 1 aliphatic rings. The maximum atomic E-state index is 11.1. The molecule has 0 radical (unpaired) electrons. The first-order valence-corrected chi connectivity index (χ1v) is 6.84. The summed E-state index contributed by atoms with van der Waals surface area (Å²) in [7, 11) is 1.59. The monoisotopic (exact) mass is 272 g/mol. The van der Waals surface area contributed by atoms with E-state index in [1.165, 1.54) is 0 Å². The quantitative estimate of drug-likeness (QED) is 0.850. The van der Waals surface area contributed by atoms with Crippen LogP contribution in [0.1, 0.15) is 11.5 Å². The Balaban J connectivity index is 1.99. The fraction of sp³-hybridized carbons (Fsp3) is 0.636. The number of hydrogen-bond donors (Lipinski definition) is 1. The van der Waals surface area contributed by atoms with E-state index in [0.29, 0.717) is 24.7 Å². The Kier molecular flexibility index (Phi) is 4.62. The van der Waals surface area contributed by atoms with Crippen molar-refractivity contribution in [2.24, 2.45) is 0 Å². The molecular formula is C11H16N2O4S. The molecule has 1 aromatic heterocycles. The number of rotatable bonds is 5. The van der Waals surface area contributed by atoms with E-state index < -0.39 is 12.0 Å². The second kappa shape index (κ2) is 6.21. The highest BCUT2D eigenvalue weighted by Gasteiger charge is 2.29. The first-order chi connectivity index (χ1) is 8.70. The van der Waals surface area contributed by atoms with Crippen molar-refractivity contribution in [1.29, 1.82) is 0 Å². The zero-order valence-corrected chi connectivity index (χ0v) is 11.0. The molecule has 100 valence electrons. The van der Waals surface area contributed by atoms with Crippen LogP contribution in [0.15, 0.2) is 10.6 Å². The standard InChI is InChI=1S/C11H16N2O4S/c1-16-6-9-4-8(12-17-9)5-13-2-3-18-7-10(13)11(14)15/h4,10H,2-3,5-7H2,1H3,(H,14,15). The zero-order chi connectivity index (χ0) is 13.0. The van der Waals surface area contributed by atoms with Gasteiger partial charge in [-0.15, -0.1) is 0 Å². The van der Waals surface area contributed by atoms with Gasteiger partial charge in [-0.3, -0.25) is 9.69 Å². The number of carboxylic acid groups (broad SMARTS) is 1. The van der Waals surface area contributed by atoms with E-state index in [-0.39, 0.29) is 0 Å². The van der Waals surface area contributed by atoms with Crippen molar-refractivity contribution in [3.63, 3.8) is 0 Å². The number of carboxylic acids is 1. The molecule has 1 saturated heterocycles. The lowest BCUT2D eigenvalue weighted by molar-refractivity contribution is -0.142. The van der Waals surface area contributed by atoms with E-state index in [4.69, 9.17) is 14.4 Å². The molecule has 6 nitrogen and oxygen atoms in total. The van der Waals surface area contributed by atoms with Gasteiger partial charge in [-0.25, -0.2) is 0 Å². The largest absolute Gasteiger partial charge is 0.480 e. The summed E-state index contributed by atoms with van der Waals surface area (Å²) >= 11 is 1.67. The molecule has 1 N–H and O–H groups in total. The fourth-order valence-electron chi connectivity index (χ4n) is 1.90. The highest BCUT2D eigenvalue weighted by Crippen LogP contribution is 2.19. The Morgan fingerprint density at radius 1 is 1.78 bits per heavy atom. The van der Waals surface area contributed by atoms with Crippen molar-refractivity contribution < 1.29 is 19.2 Å². The van der Waals surface area contributed by atoms with E-state index in [9.17, 15) is 4.79 Å². The van der Waals surface area contributed by atoms with E-state index in [0.717, 1.165) is 18.0 Å². The summed E-state index contributed by atoms with van der Waals surface area (Å²) in [5, 5.41) is 13.1. The number of aliphatic carboxylic acids is 1. The van der Waals surface area contributed by atoms with Gasteiger partial charge in [-0.1, -0.05) is 5.16 Å². The second-order valence-electron chi connectivity index (χ2n) is 4.12. The molecule has 0 amide bonds. The van der Waals surface area contributed by atoms with Crippen LogP contribution in [0.2, 0.25) is 0 Å². The third-order valence-corrected chi connectivity index (χ3v) is 3.81. The average molecular weight is 272 g/mol. The molecule has 0 aliphatic carbocycles. The topological polar surface area (TPSA) is 75.8 Å². The number of aromatic nitrogens is 1. The Morgan fingerprint density at radius 3 is 3.33 bits per heavy atom. The lowest BCUT2D eigenvalue weighted by atomic mass is 10.2. The van der Waals surface area contributed by atoms with Gasteiger partial charge in [0, 0.05) is 37.8 Å². The maximum absolute atomic E-state index is 11.1. The Bertz CT molecular complexity index is 410. The fourth-order valence-corrected chi connectivity index (χ4v) is 3.01. The minimum atomic E-state index is -0.775. The third-order valence-electron chi connectivity index (χ3n) is 2.78. The van der Waals surface area contributed by atoms with Crippen LogP contribution in [0.4, 0.5) is 0 Å². The van der Waals surface area contributed by atoms with Crippen LogP contribution >= 0.6 is 11.8 Å². The molecule has 1 aliphatic heterocycles. The summed E-state index contributed by atoms with van der Waals surface area (Å²) in [6.45, 7) is 1.64. The predicted octanol–water partition coefficient (Wildman–Crippen LogP) is 0.823. The lowest BCUT2D eigenvalue weighted by Gasteiger charge is -2.31. The Morgan fingerprint density at radius 2 is 2.61 bits per heavy atom. The smallest absolute Gasteiger partial charge is 0.321 e. The second-order valence-corrected chi connectivity index (χ2v) is 5.27. The van der Waals surface area contributed by atoms with Gasteiger partial charge in [-0.2, -0.15) is 11.8 Å². The Labute approximate surface area is 109 Å². The summed E-state index contributed by atoms with van der Waals surface area (Å²) in [5.74, 6) is 1.46. The van der Waals surface area contributed by atoms with E-state index in [1.54, 1.807) is 18.9 Å². The van der Waals surface area contributed by atoms with Crippen LogP contribution in [0.3, 0.4) is 0 Å². The molecule has 2 heterocycles.